The van der Waals surface area contributed by atoms with Crippen molar-refractivity contribution in [2.24, 2.45) is 5.92 Å². The van der Waals surface area contributed by atoms with Crippen LogP contribution in [-0.2, 0) is 0 Å². The number of hydrogen-bond donors (Lipinski definition) is 0. The number of halogens is 1. The summed E-state index contributed by atoms with van der Waals surface area (Å²) in [5.41, 5.74) is 0. The molecule has 1 heterocycles. The van der Waals surface area contributed by atoms with E-state index >= 15 is 0 Å². The Labute approximate surface area is 90.3 Å². The van der Waals surface area contributed by atoms with Gasteiger partial charge in [0.2, 0.25) is 5.13 Å². The van der Waals surface area contributed by atoms with Crippen molar-refractivity contribution in [3.63, 3.8) is 0 Å². The maximum Gasteiger partial charge on any atom is 0.209 e. The minimum absolute atomic E-state index is 0.597. The first-order chi connectivity index (χ1) is 6.18. The number of nitrogens with zero attached hydrogens (tertiary/aromatic N) is 3. The zero-order valence-electron chi connectivity index (χ0n) is 7.70. The van der Waals surface area contributed by atoms with E-state index in [0.29, 0.717) is 6.04 Å². The van der Waals surface area contributed by atoms with Crippen LogP contribution in [0.3, 0.4) is 0 Å². The largest absolute Gasteiger partial charge is 0.347 e. The van der Waals surface area contributed by atoms with Gasteiger partial charge < -0.3 is 4.90 Å². The second-order valence-corrected chi connectivity index (χ2v) is 5.76. The van der Waals surface area contributed by atoms with Crippen molar-refractivity contribution in [1.82, 2.24) is 10.2 Å². The monoisotopic (exact) mass is 261 g/mol. The molecule has 1 atom stereocenters. The van der Waals surface area contributed by atoms with Crippen molar-refractivity contribution in [2.45, 2.75) is 25.8 Å². The lowest BCUT2D eigenvalue weighted by atomic mass is 10.2. The van der Waals surface area contributed by atoms with Crippen molar-refractivity contribution in [3.8, 4) is 0 Å². The van der Waals surface area contributed by atoms with Crippen LogP contribution < -0.4 is 4.90 Å². The minimum atomic E-state index is 0.597. The fourth-order valence-electron chi connectivity index (χ4n) is 1.41. The Hall–Kier alpha value is -0.160. The van der Waals surface area contributed by atoms with E-state index in [0.717, 1.165) is 15.0 Å². The highest BCUT2D eigenvalue weighted by Gasteiger charge is 2.31. The lowest BCUT2D eigenvalue weighted by Gasteiger charge is -2.23. The Bertz CT molecular complexity index is 297. The first-order valence-corrected chi connectivity index (χ1v) is 6.01. The van der Waals surface area contributed by atoms with Crippen molar-refractivity contribution in [2.75, 3.05) is 11.9 Å². The summed E-state index contributed by atoms with van der Waals surface area (Å²) in [5, 5.41) is 9.04. The van der Waals surface area contributed by atoms with Gasteiger partial charge >= 0.3 is 0 Å². The van der Waals surface area contributed by atoms with Gasteiger partial charge in [0.25, 0.3) is 0 Å². The molecule has 1 aromatic heterocycles. The summed E-state index contributed by atoms with van der Waals surface area (Å²) in [5.74, 6) is 0.868. The van der Waals surface area contributed by atoms with Gasteiger partial charge in [0, 0.05) is 13.1 Å². The zero-order valence-corrected chi connectivity index (χ0v) is 10.1. The summed E-state index contributed by atoms with van der Waals surface area (Å²) < 4.78 is 0.859. The molecule has 1 aromatic rings. The Morgan fingerprint density at radius 1 is 1.54 bits per heavy atom. The standard InChI is InChI=1S/C8H12BrN3S/c1-5(6-3-4-6)12(2)8-11-10-7(9)13-8/h5-6H,3-4H2,1-2H3. The summed E-state index contributed by atoms with van der Waals surface area (Å²) in [4.78, 5) is 2.22. The van der Waals surface area contributed by atoms with E-state index in [4.69, 9.17) is 0 Å². The quantitative estimate of drug-likeness (QED) is 0.838. The molecule has 1 aliphatic rings. The van der Waals surface area contributed by atoms with E-state index in [-0.39, 0.29) is 0 Å². The Morgan fingerprint density at radius 3 is 2.69 bits per heavy atom. The van der Waals surface area contributed by atoms with Crippen LogP contribution in [0.5, 0.6) is 0 Å². The van der Waals surface area contributed by atoms with Gasteiger partial charge in [-0.3, -0.25) is 0 Å². The number of rotatable bonds is 3. The smallest absolute Gasteiger partial charge is 0.209 e. The molecule has 0 aromatic carbocycles. The fourth-order valence-corrected chi connectivity index (χ4v) is 2.55. The van der Waals surface area contributed by atoms with E-state index in [1.54, 1.807) is 11.3 Å². The van der Waals surface area contributed by atoms with Crippen LogP contribution in [0.1, 0.15) is 19.8 Å². The van der Waals surface area contributed by atoms with Gasteiger partial charge in [-0.25, -0.2) is 0 Å². The summed E-state index contributed by atoms with van der Waals surface area (Å²) in [6, 6.07) is 0.597. The van der Waals surface area contributed by atoms with E-state index < -0.39 is 0 Å². The molecule has 0 N–H and O–H groups in total. The van der Waals surface area contributed by atoms with Crippen LogP contribution in [0, 0.1) is 5.92 Å². The summed E-state index contributed by atoms with van der Waals surface area (Å²) in [6.07, 6.45) is 2.73. The van der Waals surface area contributed by atoms with Gasteiger partial charge in [-0.2, -0.15) is 0 Å². The van der Waals surface area contributed by atoms with Gasteiger partial charge in [0.1, 0.15) is 0 Å². The third kappa shape index (κ3) is 2.02. The molecule has 72 valence electrons. The SMILES string of the molecule is CC(C1CC1)N(C)c1nnc(Br)s1. The van der Waals surface area contributed by atoms with Gasteiger partial charge in [-0.1, -0.05) is 11.3 Å². The second-order valence-electron chi connectivity index (χ2n) is 3.53. The molecule has 0 spiro atoms. The Kier molecular flexibility index (Phi) is 2.55. The van der Waals surface area contributed by atoms with Crippen molar-refractivity contribution < 1.29 is 0 Å². The predicted molar refractivity (Wildman–Crippen MR) is 58.2 cm³/mol. The molecule has 2 rings (SSSR count). The van der Waals surface area contributed by atoms with E-state index in [1.807, 2.05) is 0 Å². The topological polar surface area (TPSA) is 29.0 Å². The Morgan fingerprint density at radius 2 is 2.23 bits per heavy atom. The average Bonchev–Trinajstić information content (AvgIpc) is 2.87. The Balaban J connectivity index is 2.06. The number of anilines is 1. The first kappa shape index (κ1) is 9.40. The van der Waals surface area contributed by atoms with Crippen LogP contribution in [-0.4, -0.2) is 23.3 Å². The maximum absolute atomic E-state index is 4.09. The lowest BCUT2D eigenvalue weighted by molar-refractivity contribution is 0.606. The molecule has 1 fully saturated rings. The molecule has 1 aliphatic carbocycles. The van der Waals surface area contributed by atoms with Crippen LogP contribution >= 0.6 is 27.3 Å². The molecule has 0 radical (unpaired) electrons. The lowest BCUT2D eigenvalue weighted by Crippen LogP contribution is -2.30. The molecule has 0 saturated heterocycles. The molecule has 0 bridgehead atoms. The molecule has 1 saturated carbocycles. The van der Waals surface area contributed by atoms with Crippen LogP contribution in [0.15, 0.2) is 3.92 Å². The van der Waals surface area contributed by atoms with Crippen LogP contribution in [0.4, 0.5) is 5.13 Å². The maximum atomic E-state index is 4.09. The molecule has 1 unspecified atom stereocenters. The zero-order chi connectivity index (χ0) is 9.42. The summed E-state index contributed by atoms with van der Waals surface area (Å²) in [7, 11) is 2.09. The van der Waals surface area contributed by atoms with Crippen LogP contribution in [0.2, 0.25) is 0 Å². The van der Waals surface area contributed by atoms with Crippen molar-refractivity contribution >= 4 is 32.4 Å². The third-order valence-electron chi connectivity index (χ3n) is 2.61. The molecule has 5 heteroatoms. The molecular formula is C8H12BrN3S. The normalized spacial score (nSPS) is 18.7. The molecule has 13 heavy (non-hydrogen) atoms. The fraction of sp³-hybridized carbons (Fsp3) is 0.750. The highest BCUT2D eigenvalue weighted by Crippen LogP contribution is 2.37. The second kappa shape index (κ2) is 3.53. The van der Waals surface area contributed by atoms with Crippen molar-refractivity contribution in [3.05, 3.63) is 3.92 Å². The van der Waals surface area contributed by atoms with E-state index in [2.05, 4.69) is 45.0 Å². The van der Waals surface area contributed by atoms with Crippen LogP contribution in [0.25, 0.3) is 0 Å². The van der Waals surface area contributed by atoms with E-state index in [1.165, 1.54) is 12.8 Å². The highest BCUT2D eigenvalue weighted by atomic mass is 79.9. The summed E-state index contributed by atoms with van der Waals surface area (Å²) in [6.45, 7) is 2.26. The summed E-state index contributed by atoms with van der Waals surface area (Å²) >= 11 is 4.91. The van der Waals surface area contributed by atoms with Crippen molar-refractivity contribution in [1.29, 1.82) is 0 Å². The molecular weight excluding hydrogens is 250 g/mol. The predicted octanol–water partition coefficient (Wildman–Crippen LogP) is 2.54. The number of aromatic nitrogens is 2. The molecule has 3 nitrogen and oxygen atoms in total. The van der Waals surface area contributed by atoms with Gasteiger partial charge in [0.05, 0.1) is 0 Å². The highest BCUT2D eigenvalue weighted by molar-refractivity contribution is 9.11. The van der Waals surface area contributed by atoms with Gasteiger partial charge in [-0.05, 0) is 41.6 Å². The molecule has 0 aliphatic heterocycles. The third-order valence-corrected chi connectivity index (χ3v) is 4.05. The van der Waals surface area contributed by atoms with Gasteiger partial charge in [-0.15, -0.1) is 10.2 Å². The first-order valence-electron chi connectivity index (χ1n) is 4.40. The van der Waals surface area contributed by atoms with Gasteiger partial charge in [0.15, 0.2) is 3.92 Å². The number of hydrogen-bond acceptors (Lipinski definition) is 4. The molecule has 0 amide bonds. The van der Waals surface area contributed by atoms with E-state index in [9.17, 15) is 0 Å². The average molecular weight is 262 g/mol. The minimum Gasteiger partial charge on any atom is -0.347 e.